The Morgan fingerprint density at radius 1 is 0.886 bits per heavy atom. The van der Waals surface area contributed by atoms with E-state index in [4.69, 9.17) is 9.47 Å². The Labute approximate surface area is 207 Å². The summed E-state index contributed by atoms with van der Waals surface area (Å²) in [7, 11) is 3.37. The summed E-state index contributed by atoms with van der Waals surface area (Å²) < 4.78 is 26.7. The van der Waals surface area contributed by atoms with Gasteiger partial charge in [-0.2, -0.15) is 0 Å². The third-order valence-electron chi connectivity index (χ3n) is 7.89. The first-order chi connectivity index (χ1) is 17.1. The minimum atomic E-state index is -0.183. The number of nitrogens with zero attached hydrogens (tertiary/aromatic N) is 1. The van der Waals surface area contributed by atoms with Crippen LogP contribution in [0.3, 0.4) is 0 Å². The van der Waals surface area contributed by atoms with E-state index in [1.54, 1.807) is 26.4 Å². The van der Waals surface area contributed by atoms with Crippen molar-refractivity contribution < 1.29 is 19.0 Å². The molecular formula is C30H34FNO3. The number of fused-ring (bicyclic) bond motifs is 1. The molecule has 0 bridgehead atoms. The molecule has 35 heavy (non-hydrogen) atoms. The topological polar surface area (TPSA) is 41.9 Å². The Bertz CT molecular complexity index is 1140. The fraction of sp³-hybridized carbons (Fsp3) is 0.400. The van der Waals surface area contributed by atoms with E-state index in [2.05, 4.69) is 35.2 Å². The second-order valence-electron chi connectivity index (χ2n) is 9.79. The zero-order valence-electron chi connectivity index (χ0n) is 20.5. The van der Waals surface area contributed by atoms with Gasteiger partial charge in [0.25, 0.3) is 0 Å². The maximum absolute atomic E-state index is 15.9. The number of ether oxygens (including phenoxy) is 2. The van der Waals surface area contributed by atoms with Crippen LogP contribution in [-0.4, -0.2) is 38.7 Å². The summed E-state index contributed by atoms with van der Waals surface area (Å²) in [5.41, 5.74) is 5.10. The molecule has 1 heterocycles. The highest BCUT2D eigenvalue weighted by Gasteiger charge is 2.34. The summed E-state index contributed by atoms with van der Waals surface area (Å²) in [4.78, 5) is 2.26. The van der Waals surface area contributed by atoms with Crippen LogP contribution < -0.4 is 4.90 Å². The molecule has 5 rings (SSSR count). The lowest BCUT2D eigenvalue weighted by molar-refractivity contribution is -0.141. The molecule has 0 amide bonds. The molecule has 2 atom stereocenters. The monoisotopic (exact) mass is 475 g/mol. The van der Waals surface area contributed by atoms with Gasteiger partial charge in [-0.3, -0.25) is 0 Å². The van der Waals surface area contributed by atoms with Gasteiger partial charge in [-0.1, -0.05) is 42.5 Å². The first-order valence-electron chi connectivity index (χ1n) is 12.6. The second kappa shape index (κ2) is 10.4. The van der Waals surface area contributed by atoms with Gasteiger partial charge >= 0.3 is 0 Å². The van der Waals surface area contributed by atoms with Crippen LogP contribution in [-0.2, 0) is 15.9 Å². The molecule has 0 unspecified atom stereocenters. The number of hydrogen-bond donors (Lipinski definition) is 1. The molecule has 4 nitrogen and oxygen atoms in total. The number of phenolic OH excluding ortho intramolecular Hbond substituents is 1. The summed E-state index contributed by atoms with van der Waals surface area (Å²) >= 11 is 0. The number of anilines is 1. The quantitative estimate of drug-likeness (QED) is 0.429. The number of methoxy groups -OCH3 is 2. The molecule has 3 aromatic rings. The average Bonchev–Trinajstić information content (AvgIpc) is 2.89. The third-order valence-corrected chi connectivity index (χ3v) is 7.89. The molecule has 0 saturated carbocycles. The molecule has 0 aromatic heterocycles. The highest BCUT2D eigenvalue weighted by molar-refractivity contribution is 5.53. The van der Waals surface area contributed by atoms with Crippen molar-refractivity contribution in [1.82, 2.24) is 0 Å². The lowest BCUT2D eigenvalue weighted by atomic mass is 9.69. The van der Waals surface area contributed by atoms with Gasteiger partial charge in [0.2, 0.25) is 0 Å². The fourth-order valence-electron chi connectivity index (χ4n) is 6.13. The summed E-state index contributed by atoms with van der Waals surface area (Å²) in [6.45, 7) is 1.70. The van der Waals surface area contributed by atoms with Gasteiger partial charge in [-0.05, 0) is 78.1 Å². The number of halogens is 1. The number of hydrogen-bond acceptors (Lipinski definition) is 4. The van der Waals surface area contributed by atoms with E-state index in [9.17, 15) is 5.11 Å². The molecule has 0 radical (unpaired) electrons. The van der Waals surface area contributed by atoms with Crippen LogP contribution in [0.5, 0.6) is 5.75 Å². The molecule has 3 aromatic carbocycles. The lowest BCUT2D eigenvalue weighted by Crippen LogP contribution is -2.39. The van der Waals surface area contributed by atoms with E-state index in [0.717, 1.165) is 61.2 Å². The zero-order valence-corrected chi connectivity index (χ0v) is 20.5. The van der Waals surface area contributed by atoms with Crippen molar-refractivity contribution in [2.24, 2.45) is 5.92 Å². The van der Waals surface area contributed by atoms with Gasteiger partial charge in [0.05, 0.1) is 0 Å². The molecule has 2 aliphatic rings. The van der Waals surface area contributed by atoms with Crippen LogP contribution in [0.25, 0.3) is 0 Å². The molecule has 1 saturated heterocycles. The van der Waals surface area contributed by atoms with Crippen molar-refractivity contribution in [1.29, 1.82) is 0 Å². The Morgan fingerprint density at radius 3 is 2.29 bits per heavy atom. The van der Waals surface area contributed by atoms with Crippen LogP contribution in [0.1, 0.15) is 53.4 Å². The average molecular weight is 476 g/mol. The Morgan fingerprint density at radius 2 is 1.60 bits per heavy atom. The van der Waals surface area contributed by atoms with Crippen molar-refractivity contribution in [3.05, 3.63) is 94.8 Å². The van der Waals surface area contributed by atoms with Gasteiger partial charge < -0.3 is 19.5 Å². The number of aromatic hydroxyl groups is 1. The van der Waals surface area contributed by atoms with E-state index in [1.165, 1.54) is 5.56 Å². The van der Waals surface area contributed by atoms with Gasteiger partial charge in [-0.15, -0.1) is 0 Å². The van der Waals surface area contributed by atoms with Gasteiger partial charge in [0.15, 0.2) is 6.29 Å². The zero-order chi connectivity index (χ0) is 24.4. The fourth-order valence-corrected chi connectivity index (χ4v) is 6.13. The molecule has 1 N–H and O–H groups in total. The first-order valence-corrected chi connectivity index (χ1v) is 12.6. The Hall–Kier alpha value is -2.89. The van der Waals surface area contributed by atoms with E-state index in [0.29, 0.717) is 5.92 Å². The summed E-state index contributed by atoms with van der Waals surface area (Å²) in [5.74, 6) is 0.550. The maximum Gasteiger partial charge on any atom is 0.159 e. The molecular weight excluding hydrogens is 441 g/mol. The van der Waals surface area contributed by atoms with Crippen LogP contribution >= 0.6 is 0 Å². The number of aryl methyl sites for hydroxylation is 1. The third kappa shape index (κ3) is 4.80. The highest BCUT2D eigenvalue weighted by atomic mass is 19.1. The van der Waals surface area contributed by atoms with Crippen molar-refractivity contribution in [2.45, 2.75) is 43.8 Å². The molecule has 1 aliphatic heterocycles. The molecule has 1 aliphatic carbocycles. The summed E-state index contributed by atoms with van der Waals surface area (Å²) in [5, 5.41) is 10.1. The van der Waals surface area contributed by atoms with Crippen LogP contribution in [0.4, 0.5) is 10.1 Å². The second-order valence-corrected chi connectivity index (χ2v) is 9.79. The largest absolute Gasteiger partial charge is 0.508 e. The predicted octanol–water partition coefficient (Wildman–Crippen LogP) is 6.23. The normalized spacial score (nSPS) is 20.7. The minimum absolute atomic E-state index is 0.0919. The van der Waals surface area contributed by atoms with Gasteiger partial charge in [0.1, 0.15) is 11.6 Å². The van der Waals surface area contributed by atoms with Crippen molar-refractivity contribution in [3.8, 4) is 5.75 Å². The predicted molar refractivity (Wildman–Crippen MR) is 137 cm³/mol. The van der Waals surface area contributed by atoms with E-state index >= 15 is 4.39 Å². The Balaban J connectivity index is 1.44. The minimum Gasteiger partial charge on any atom is -0.508 e. The van der Waals surface area contributed by atoms with E-state index < -0.39 is 0 Å². The van der Waals surface area contributed by atoms with E-state index in [1.807, 2.05) is 24.3 Å². The van der Waals surface area contributed by atoms with Crippen molar-refractivity contribution in [3.63, 3.8) is 0 Å². The number of rotatable bonds is 6. The highest BCUT2D eigenvalue weighted by Crippen LogP contribution is 2.48. The standard InChI is InChI=1S/C30H34FNO3/c1-34-30(35-2)21-14-16-32(17-15-21)23-9-12-27(28(31)19-23)29-25(20-6-4-3-5-7-20)11-8-22-18-24(33)10-13-26(22)29/h3-7,9-10,12-13,18-19,21,25,29-30,33H,8,11,14-17H2,1-2H3/t25-,29+/m1/s1. The van der Waals surface area contributed by atoms with Crippen LogP contribution in [0.2, 0.25) is 0 Å². The number of piperidine rings is 1. The van der Waals surface area contributed by atoms with Gasteiger partial charge in [-0.25, -0.2) is 4.39 Å². The first kappa shape index (κ1) is 23.8. The van der Waals surface area contributed by atoms with Crippen LogP contribution in [0, 0.1) is 11.7 Å². The lowest BCUT2D eigenvalue weighted by Gasteiger charge is -2.37. The SMILES string of the molecule is COC(OC)C1CCN(c2ccc([C@@H]3c4ccc(O)cc4CC[C@@H]3c3ccccc3)c(F)c2)CC1. The maximum atomic E-state index is 15.9. The van der Waals surface area contributed by atoms with E-state index in [-0.39, 0.29) is 29.7 Å². The Kier molecular flexibility index (Phi) is 7.07. The van der Waals surface area contributed by atoms with Gasteiger partial charge in [0, 0.05) is 44.8 Å². The number of benzene rings is 3. The van der Waals surface area contributed by atoms with Crippen molar-refractivity contribution in [2.75, 3.05) is 32.2 Å². The summed E-state index contributed by atoms with van der Waals surface area (Å²) in [6.07, 6.45) is 3.51. The molecule has 0 spiro atoms. The summed E-state index contributed by atoms with van der Waals surface area (Å²) in [6, 6.07) is 21.7. The van der Waals surface area contributed by atoms with Crippen molar-refractivity contribution >= 4 is 5.69 Å². The smallest absolute Gasteiger partial charge is 0.159 e. The molecule has 1 fully saturated rings. The number of phenols is 1. The molecule has 5 heteroatoms. The molecule has 184 valence electrons. The van der Waals surface area contributed by atoms with Crippen LogP contribution in [0.15, 0.2) is 66.7 Å².